The van der Waals surface area contributed by atoms with Crippen molar-refractivity contribution in [3.63, 3.8) is 0 Å². The van der Waals surface area contributed by atoms with Gasteiger partial charge in [0.15, 0.2) is 11.9 Å². The van der Waals surface area contributed by atoms with Crippen molar-refractivity contribution in [2.45, 2.75) is 59.1 Å². The second-order valence-corrected chi connectivity index (χ2v) is 7.87. The molecule has 156 valence electrons. The number of ether oxygens (including phenoxy) is 1. The third-order valence-corrected chi connectivity index (χ3v) is 4.93. The molecule has 0 bridgehead atoms. The van der Waals surface area contributed by atoms with Crippen molar-refractivity contribution < 1.29 is 9.53 Å². The van der Waals surface area contributed by atoms with Gasteiger partial charge in [0.1, 0.15) is 18.0 Å². The van der Waals surface area contributed by atoms with Gasteiger partial charge in [-0.05, 0) is 40.2 Å². The minimum atomic E-state index is -0.480. The van der Waals surface area contributed by atoms with Crippen LogP contribution in [0.1, 0.15) is 58.3 Å². The molecule has 1 fully saturated rings. The Morgan fingerprint density at radius 1 is 1.24 bits per heavy atom. The minimum Gasteiger partial charge on any atom is -0.454 e. The van der Waals surface area contributed by atoms with Crippen LogP contribution >= 0.6 is 0 Å². The molecule has 1 saturated heterocycles. The Balaban J connectivity index is 1.75. The SMILES string of the molecule is CCCC(=O)O[C@H](C)c1nccc(N2CCN(c3ncnc(C)n3)CC2(C)C)n1. The van der Waals surface area contributed by atoms with Crippen LogP contribution in [0.4, 0.5) is 11.8 Å². The van der Waals surface area contributed by atoms with Crippen LogP contribution in [-0.4, -0.2) is 56.1 Å². The third kappa shape index (κ3) is 4.96. The van der Waals surface area contributed by atoms with Gasteiger partial charge in [0.25, 0.3) is 0 Å². The number of nitrogens with zero attached hydrogens (tertiary/aromatic N) is 7. The van der Waals surface area contributed by atoms with Gasteiger partial charge < -0.3 is 14.5 Å². The van der Waals surface area contributed by atoms with Gasteiger partial charge in [-0.15, -0.1) is 0 Å². The van der Waals surface area contributed by atoms with E-state index in [1.807, 2.05) is 19.9 Å². The summed E-state index contributed by atoms with van der Waals surface area (Å²) in [5.41, 5.74) is -0.202. The fourth-order valence-electron chi connectivity index (χ4n) is 3.49. The number of piperazine rings is 1. The molecule has 1 atom stereocenters. The number of aryl methyl sites for hydroxylation is 1. The number of anilines is 2. The first-order valence-electron chi connectivity index (χ1n) is 10.0. The zero-order valence-corrected chi connectivity index (χ0v) is 17.8. The molecule has 0 spiro atoms. The van der Waals surface area contributed by atoms with Gasteiger partial charge in [0, 0.05) is 32.3 Å². The van der Waals surface area contributed by atoms with E-state index in [4.69, 9.17) is 9.72 Å². The van der Waals surface area contributed by atoms with Crippen LogP contribution in [0.5, 0.6) is 0 Å². The highest BCUT2D eigenvalue weighted by Crippen LogP contribution is 2.28. The quantitative estimate of drug-likeness (QED) is 0.678. The number of esters is 1. The van der Waals surface area contributed by atoms with E-state index in [2.05, 4.69) is 43.6 Å². The molecule has 9 nitrogen and oxygen atoms in total. The maximum atomic E-state index is 11.8. The summed E-state index contributed by atoms with van der Waals surface area (Å²) < 4.78 is 5.44. The fraction of sp³-hybridized carbons (Fsp3) is 0.600. The molecule has 0 amide bonds. The highest BCUT2D eigenvalue weighted by Gasteiger charge is 2.36. The van der Waals surface area contributed by atoms with E-state index in [9.17, 15) is 4.79 Å². The summed E-state index contributed by atoms with van der Waals surface area (Å²) in [5, 5.41) is 0. The lowest BCUT2D eigenvalue weighted by atomic mass is 9.99. The predicted octanol–water partition coefficient (Wildman–Crippen LogP) is 2.48. The van der Waals surface area contributed by atoms with E-state index in [1.165, 1.54) is 0 Å². The average Bonchev–Trinajstić information content (AvgIpc) is 2.67. The van der Waals surface area contributed by atoms with E-state index in [-0.39, 0.29) is 11.5 Å². The van der Waals surface area contributed by atoms with E-state index in [0.717, 1.165) is 31.9 Å². The number of aromatic nitrogens is 5. The number of carbonyl (C=O) groups excluding carboxylic acids is 1. The zero-order chi connectivity index (χ0) is 21.0. The maximum Gasteiger partial charge on any atom is 0.306 e. The van der Waals surface area contributed by atoms with Gasteiger partial charge in [-0.1, -0.05) is 6.92 Å². The molecular formula is C20H29N7O2. The van der Waals surface area contributed by atoms with Gasteiger partial charge in [-0.2, -0.15) is 4.98 Å². The largest absolute Gasteiger partial charge is 0.454 e. The number of rotatable bonds is 6. The molecule has 3 heterocycles. The monoisotopic (exact) mass is 399 g/mol. The first-order valence-corrected chi connectivity index (χ1v) is 10.0. The smallest absolute Gasteiger partial charge is 0.306 e. The van der Waals surface area contributed by atoms with Crippen molar-refractivity contribution in [2.75, 3.05) is 29.4 Å². The van der Waals surface area contributed by atoms with Gasteiger partial charge in [0.05, 0.1) is 5.54 Å². The van der Waals surface area contributed by atoms with Crippen molar-refractivity contribution in [3.05, 3.63) is 30.2 Å². The van der Waals surface area contributed by atoms with E-state index in [0.29, 0.717) is 24.0 Å². The summed E-state index contributed by atoms with van der Waals surface area (Å²) in [6, 6.07) is 1.90. The lowest BCUT2D eigenvalue weighted by Gasteiger charge is -2.47. The van der Waals surface area contributed by atoms with Gasteiger partial charge in [-0.25, -0.2) is 19.9 Å². The van der Waals surface area contributed by atoms with Crippen molar-refractivity contribution >= 4 is 17.7 Å². The van der Waals surface area contributed by atoms with Crippen molar-refractivity contribution in [1.29, 1.82) is 0 Å². The molecule has 0 aliphatic carbocycles. The molecule has 29 heavy (non-hydrogen) atoms. The normalized spacial score (nSPS) is 17.1. The van der Waals surface area contributed by atoms with Crippen LogP contribution in [0, 0.1) is 6.92 Å². The van der Waals surface area contributed by atoms with Gasteiger partial charge in [0.2, 0.25) is 5.95 Å². The van der Waals surface area contributed by atoms with E-state index in [1.54, 1.807) is 19.4 Å². The van der Waals surface area contributed by atoms with Crippen molar-refractivity contribution in [1.82, 2.24) is 24.9 Å². The van der Waals surface area contributed by atoms with Crippen LogP contribution in [0.2, 0.25) is 0 Å². The summed E-state index contributed by atoms with van der Waals surface area (Å²) in [7, 11) is 0. The summed E-state index contributed by atoms with van der Waals surface area (Å²) in [4.78, 5) is 38.1. The number of hydrogen-bond donors (Lipinski definition) is 0. The molecule has 3 rings (SSSR count). The molecule has 0 radical (unpaired) electrons. The van der Waals surface area contributed by atoms with Gasteiger partial charge >= 0.3 is 5.97 Å². The summed E-state index contributed by atoms with van der Waals surface area (Å²) in [6.45, 7) is 12.2. The average molecular weight is 399 g/mol. The molecule has 1 aliphatic rings. The second kappa shape index (κ2) is 8.67. The topological polar surface area (TPSA) is 97.2 Å². The number of hydrogen-bond acceptors (Lipinski definition) is 9. The molecule has 0 aromatic carbocycles. The molecule has 2 aromatic rings. The molecule has 1 aliphatic heterocycles. The standard InChI is InChI=1S/C20H29N7O2/c1-6-7-17(28)29-14(2)18-21-9-8-16(25-18)27-11-10-26(12-20(27,4)5)19-23-13-22-15(3)24-19/h8-9,13-14H,6-7,10-12H2,1-5H3/t14-/m1/s1. The molecule has 0 saturated carbocycles. The first kappa shape index (κ1) is 20.9. The summed E-state index contributed by atoms with van der Waals surface area (Å²) in [6.07, 6.45) is 3.95. The molecular weight excluding hydrogens is 370 g/mol. The van der Waals surface area contributed by atoms with Crippen LogP contribution in [0.3, 0.4) is 0 Å². The third-order valence-electron chi connectivity index (χ3n) is 4.93. The molecule has 2 aromatic heterocycles. The second-order valence-electron chi connectivity index (χ2n) is 7.87. The van der Waals surface area contributed by atoms with E-state index < -0.39 is 6.10 Å². The Hall–Kier alpha value is -2.84. The summed E-state index contributed by atoms with van der Waals surface area (Å²) in [5.74, 6) is 2.52. The van der Waals surface area contributed by atoms with E-state index >= 15 is 0 Å². The molecule has 0 unspecified atom stereocenters. The van der Waals surface area contributed by atoms with Crippen molar-refractivity contribution in [2.24, 2.45) is 0 Å². The Labute approximate surface area is 171 Å². The zero-order valence-electron chi connectivity index (χ0n) is 17.8. The highest BCUT2D eigenvalue weighted by molar-refractivity contribution is 5.69. The lowest BCUT2D eigenvalue weighted by Crippen LogP contribution is -2.60. The Morgan fingerprint density at radius 2 is 2.03 bits per heavy atom. The Bertz CT molecular complexity index is 858. The van der Waals surface area contributed by atoms with Crippen LogP contribution in [0.25, 0.3) is 0 Å². The maximum absolute atomic E-state index is 11.8. The Morgan fingerprint density at radius 3 is 2.72 bits per heavy atom. The molecule has 9 heteroatoms. The fourth-order valence-corrected chi connectivity index (χ4v) is 3.49. The lowest BCUT2D eigenvalue weighted by molar-refractivity contribution is -0.149. The number of carbonyl (C=O) groups is 1. The predicted molar refractivity (Wildman–Crippen MR) is 110 cm³/mol. The van der Waals surface area contributed by atoms with Crippen LogP contribution < -0.4 is 9.80 Å². The van der Waals surface area contributed by atoms with Gasteiger partial charge in [-0.3, -0.25) is 4.79 Å². The van der Waals surface area contributed by atoms with Crippen LogP contribution in [0.15, 0.2) is 18.6 Å². The minimum absolute atomic E-state index is 0.202. The highest BCUT2D eigenvalue weighted by atomic mass is 16.5. The summed E-state index contributed by atoms with van der Waals surface area (Å²) >= 11 is 0. The molecule has 0 N–H and O–H groups in total. The Kier molecular flexibility index (Phi) is 6.24. The van der Waals surface area contributed by atoms with Crippen molar-refractivity contribution in [3.8, 4) is 0 Å². The van der Waals surface area contributed by atoms with Crippen LogP contribution in [-0.2, 0) is 9.53 Å². The first-order chi connectivity index (χ1) is 13.8.